The van der Waals surface area contributed by atoms with Crippen molar-refractivity contribution in [3.63, 3.8) is 0 Å². The van der Waals surface area contributed by atoms with Crippen LogP contribution in [0.25, 0.3) is 11.1 Å². The Morgan fingerprint density at radius 3 is 2.90 bits per heavy atom. The van der Waals surface area contributed by atoms with E-state index in [1.54, 1.807) is 10.6 Å². The van der Waals surface area contributed by atoms with Crippen molar-refractivity contribution in [1.29, 1.82) is 0 Å². The molecule has 0 spiro atoms. The average Bonchev–Trinajstić information content (AvgIpc) is 2.78. The number of carbonyl (C=O) groups excluding carboxylic acids is 1. The highest BCUT2D eigenvalue weighted by Gasteiger charge is 2.13. The number of hydrogen-bond donors (Lipinski definition) is 1. The zero-order valence-electron chi connectivity index (χ0n) is 11.6. The van der Waals surface area contributed by atoms with Gasteiger partial charge in [-0.2, -0.15) is 0 Å². The number of benzene rings is 1. The summed E-state index contributed by atoms with van der Waals surface area (Å²) >= 11 is 0. The van der Waals surface area contributed by atoms with E-state index < -0.39 is 0 Å². The molecule has 1 aromatic carbocycles. The van der Waals surface area contributed by atoms with Crippen LogP contribution < -0.4 is 11.5 Å². The van der Waals surface area contributed by atoms with E-state index >= 15 is 0 Å². The Bertz CT molecular complexity index is 671. The van der Waals surface area contributed by atoms with Gasteiger partial charge in [0, 0.05) is 19.0 Å². The summed E-state index contributed by atoms with van der Waals surface area (Å²) in [6.07, 6.45) is 0.743. The van der Waals surface area contributed by atoms with E-state index in [-0.39, 0.29) is 24.2 Å². The van der Waals surface area contributed by atoms with Gasteiger partial charge < -0.3 is 14.9 Å². The van der Waals surface area contributed by atoms with Gasteiger partial charge >= 0.3 is 11.7 Å². The number of nitrogens with two attached hydrogens (primary N) is 1. The topological polar surface area (TPSA) is 87.5 Å². The van der Waals surface area contributed by atoms with Crippen LogP contribution >= 0.6 is 0 Å². The molecule has 6 nitrogen and oxygen atoms in total. The van der Waals surface area contributed by atoms with Crippen LogP contribution in [0.3, 0.4) is 0 Å². The molecule has 0 amide bonds. The molecule has 2 aromatic rings. The number of ether oxygens (including phenoxy) is 1. The first-order valence-electron chi connectivity index (χ1n) is 6.52. The zero-order chi connectivity index (χ0) is 14.7. The van der Waals surface area contributed by atoms with Gasteiger partial charge in [0.05, 0.1) is 12.6 Å². The minimum Gasteiger partial charge on any atom is -0.469 e. The number of rotatable bonds is 5. The van der Waals surface area contributed by atoms with Crippen LogP contribution in [0.2, 0.25) is 0 Å². The summed E-state index contributed by atoms with van der Waals surface area (Å²) in [6.45, 7) is 2.44. The number of hydrogen-bond acceptors (Lipinski definition) is 5. The van der Waals surface area contributed by atoms with E-state index in [1.165, 1.54) is 7.11 Å². The number of fused-ring (bicyclic) bond motifs is 1. The highest BCUT2D eigenvalue weighted by molar-refractivity contribution is 5.74. The van der Waals surface area contributed by atoms with Crippen LogP contribution in [0.5, 0.6) is 0 Å². The van der Waals surface area contributed by atoms with Crippen molar-refractivity contribution in [2.45, 2.75) is 32.4 Å². The fraction of sp³-hybridized carbons (Fsp3) is 0.429. The largest absolute Gasteiger partial charge is 0.469 e. The van der Waals surface area contributed by atoms with Crippen LogP contribution in [0.15, 0.2) is 27.4 Å². The van der Waals surface area contributed by atoms with Crippen molar-refractivity contribution < 1.29 is 13.9 Å². The van der Waals surface area contributed by atoms with E-state index in [2.05, 4.69) is 4.74 Å². The van der Waals surface area contributed by atoms with Gasteiger partial charge in [0.25, 0.3) is 0 Å². The maximum atomic E-state index is 11.6. The number of aromatic nitrogens is 1. The summed E-state index contributed by atoms with van der Waals surface area (Å²) in [5.74, 6) is -0.659. The van der Waals surface area contributed by atoms with E-state index in [1.807, 2.05) is 19.1 Å². The van der Waals surface area contributed by atoms with Crippen molar-refractivity contribution in [2.24, 2.45) is 5.73 Å². The van der Waals surface area contributed by atoms with E-state index in [4.69, 9.17) is 10.2 Å². The fourth-order valence-corrected chi connectivity index (χ4v) is 2.16. The Hall–Kier alpha value is -2.08. The van der Waals surface area contributed by atoms with Gasteiger partial charge in [-0.1, -0.05) is 6.07 Å². The van der Waals surface area contributed by atoms with Gasteiger partial charge in [-0.15, -0.1) is 0 Å². The Morgan fingerprint density at radius 2 is 2.25 bits per heavy atom. The highest BCUT2D eigenvalue weighted by atomic mass is 16.5. The first kappa shape index (κ1) is 14.3. The summed E-state index contributed by atoms with van der Waals surface area (Å²) in [7, 11) is 1.35. The molecule has 2 rings (SSSR count). The second-order valence-corrected chi connectivity index (χ2v) is 4.56. The lowest BCUT2D eigenvalue weighted by Gasteiger charge is -2.11. The van der Waals surface area contributed by atoms with Gasteiger partial charge in [0.15, 0.2) is 5.58 Å². The molecule has 1 atom stereocenters. The first-order chi connectivity index (χ1) is 9.56. The van der Waals surface area contributed by atoms with Crippen molar-refractivity contribution in [3.8, 4) is 0 Å². The lowest BCUT2D eigenvalue weighted by Crippen LogP contribution is -2.13. The molecular weight excluding hydrogens is 260 g/mol. The molecule has 0 aliphatic heterocycles. The molecular formula is C14H18N2O4. The molecule has 1 heterocycles. The molecule has 1 aromatic heterocycles. The Morgan fingerprint density at radius 1 is 1.50 bits per heavy atom. The molecule has 6 heteroatoms. The fourth-order valence-electron chi connectivity index (χ4n) is 2.16. The molecule has 0 fully saturated rings. The summed E-state index contributed by atoms with van der Waals surface area (Å²) in [6, 6.07) is 5.13. The van der Waals surface area contributed by atoms with Crippen molar-refractivity contribution >= 4 is 17.1 Å². The van der Waals surface area contributed by atoms with Crippen molar-refractivity contribution in [1.82, 2.24) is 4.57 Å². The lowest BCUT2D eigenvalue weighted by molar-refractivity contribution is -0.140. The molecule has 2 N–H and O–H groups in total. The smallest absolute Gasteiger partial charge is 0.419 e. The second-order valence-electron chi connectivity index (χ2n) is 4.56. The van der Waals surface area contributed by atoms with E-state index in [0.29, 0.717) is 18.5 Å². The SMILES string of the molecule is CCn1c(=O)oc2cc(C(N)CCC(=O)OC)ccc21. The number of nitrogens with zero attached hydrogens (tertiary/aromatic N) is 1. The Balaban J connectivity index is 2.23. The molecule has 0 saturated heterocycles. The molecule has 1 unspecified atom stereocenters. The maximum Gasteiger partial charge on any atom is 0.419 e. The normalized spacial score (nSPS) is 12.6. The molecule has 0 aliphatic rings. The Labute approximate surface area is 116 Å². The van der Waals surface area contributed by atoms with Crippen molar-refractivity contribution in [3.05, 3.63) is 34.3 Å². The summed E-state index contributed by atoms with van der Waals surface area (Å²) < 4.78 is 11.3. The highest BCUT2D eigenvalue weighted by Crippen LogP contribution is 2.21. The predicted octanol–water partition coefficient (Wildman–Crippen LogP) is 1.57. The van der Waals surface area contributed by atoms with Crippen molar-refractivity contribution in [2.75, 3.05) is 7.11 Å². The van der Waals surface area contributed by atoms with Gasteiger partial charge in [-0.05, 0) is 31.0 Å². The first-order valence-corrected chi connectivity index (χ1v) is 6.52. The third-order valence-electron chi connectivity index (χ3n) is 3.32. The second kappa shape index (κ2) is 5.92. The van der Waals surface area contributed by atoms with Crippen LogP contribution in [-0.4, -0.2) is 17.6 Å². The third kappa shape index (κ3) is 2.75. The van der Waals surface area contributed by atoms with Crippen LogP contribution in [0.4, 0.5) is 0 Å². The summed E-state index contributed by atoms with van der Waals surface area (Å²) in [4.78, 5) is 22.7. The van der Waals surface area contributed by atoms with Gasteiger partial charge in [-0.3, -0.25) is 9.36 Å². The summed E-state index contributed by atoms with van der Waals surface area (Å²) in [5.41, 5.74) is 8.13. The molecule has 108 valence electrons. The molecule has 0 radical (unpaired) electrons. The molecule has 0 saturated carbocycles. The monoisotopic (exact) mass is 278 g/mol. The maximum absolute atomic E-state index is 11.6. The zero-order valence-corrected chi connectivity index (χ0v) is 11.6. The van der Waals surface area contributed by atoms with E-state index in [0.717, 1.165) is 11.1 Å². The number of methoxy groups -OCH3 is 1. The quantitative estimate of drug-likeness (QED) is 0.839. The standard InChI is InChI=1S/C14H18N2O4/c1-3-16-11-6-4-9(8-12(11)20-14(16)18)10(15)5-7-13(17)19-2/h4,6,8,10H,3,5,7,15H2,1-2H3. The van der Waals surface area contributed by atoms with Crippen LogP contribution in [0, 0.1) is 0 Å². The van der Waals surface area contributed by atoms with Gasteiger partial charge in [0.1, 0.15) is 0 Å². The van der Waals surface area contributed by atoms with Crippen LogP contribution in [-0.2, 0) is 16.1 Å². The molecule has 0 bridgehead atoms. The molecule has 20 heavy (non-hydrogen) atoms. The predicted molar refractivity (Wildman–Crippen MR) is 74.3 cm³/mol. The van der Waals surface area contributed by atoms with Crippen LogP contribution in [0.1, 0.15) is 31.4 Å². The minimum absolute atomic E-state index is 0.260. The van der Waals surface area contributed by atoms with E-state index in [9.17, 15) is 9.59 Å². The van der Waals surface area contributed by atoms with Gasteiger partial charge in [-0.25, -0.2) is 4.79 Å². The molecule has 0 aliphatic carbocycles. The lowest BCUT2D eigenvalue weighted by atomic mass is 10.0. The Kier molecular flexibility index (Phi) is 4.24. The minimum atomic E-state index is -0.372. The summed E-state index contributed by atoms with van der Waals surface area (Å²) in [5, 5.41) is 0. The van der Waals surface area contributed by atoms with Gasteiger partial charge in [0.2, 0.25) is 0 Å². The third-order valence-corrected chi connectivity index (χ3v) is 3.32. The number of esters is 1. The number of oxazole rings is 1. The average molecular weight is 278 g/mol. The number of carbonyl (C=O) groups is 1. The number of aryl methyl sites for hydroxylation is 1.